The maximum atomic E-state index is 12.7. The molecule has 8 heteroatoms. The number of nitrogens with zero attached hydrogens (tertiary/aromatic N) is 4. The molecule has 25 heavy (non-hydrogen) atoms. The average molecular weight is 361 g/mol. The van der Waals surface area contributed by atoms with Gasteiger partial charge in [0, 0.05) is 6.54 Å². The number of ether oxygens (including phenoxy) is 1. The average Bonchev–Trinajstić information content (AvgIpc) is 3.00. The SMILES string of the molecule is CC(C)Cn1c(CN)nnc1SCC(=O)N1CCOc2ccccc21. The Morgan fingerprint density at radius 3 is 2.92 bits per heavy atom. The summed E-state index contributed by atoms with van der Waals surface area (Å²) in [4.78, 5) is 14.5. The van der Waals surface area contributed by atoms with Crippen molar-refractivity contribution >= 4 is 23.4 Å². The molecule has 1 aromatic heterocycles. The van der Waals surface area contributed by atoms with Crippen molar-refractivity contribution in [3.63, 3.8) is 0 Å². The first-order valence-corrected chi connectivity index (χ1v) is 9.36. The van der Waals surface area contributed by atoms with Crippen molar-refractivity contribution in [2.45, 2.75) is 32.1 Å². The molecule has 1 aliphatic heterocycles. The van der Waals surface area contributed by atoms with E-state index < -0.39 is 0 Å². The van der Waals surface area contributed by atoms with E-state index in [1.165, 1.54) is 11.8 Å². The first-order chi connectivity index (χ1) is 12.1. The van der Waals surface area contributed by atoms with Gasteiger partial charge in [0.25, 0.3) is 0 Å². The lowest BCUT2D eigenvalue weighted by atomic mass is 10.2. The number of benzene rings is 1. The van der Waals surface area contributed by atoms with Crippen LogP contribution in [0.25, 0.3) is 0 Å². The molecule has 0 bridgehead atoms. The van der Waals surface area contributed by atoms with Crippen LogP contribution >= 0.6 is 11.8 Å². The summed E-state index contributed by atoms with van der Waals surface area (Å²) in [5.41, 5.74) is 6.57. The molecular formula is C17H23N5O2S. The Hall–Kier alpha value is -2.06. The van der Waals surface area contributed by atoms with Crippen molar-refractivity contribution in [1.82, 2.24) is 14.8 Å². The van der Waals surface area contributed by atoms with Crippen LogP contribution in [0.5, 0.6) is 5.75 Å². The molecule has 2 heterocycles. The lowest BCUT2D eigenvalue weighted by Gasteiger charge is -2.29. The second-order valence-electron chi connectivity index (χ2n) is 6.26. The minimum absolute atomic E-state index is 0.0362. The predicted molar refractivity (Wildman–Crippen MR) is 97.8 cm³/mol. The Labute approximate surface area is 151 Å². The molecule has 1 aromatic carbocycles. The van der Waals surface area contributed by atoms with Crippen LogP contribution in [0.1, 0.15) is 19.7 Å². The van der Waals surface area contributed by atoms with Gasteiger partial charge in [-0.05, 0) is 18.1 Å². The van der Waals surface area contributed by atoms with Gasteiger partial charge in [-0.2, -0.15) is 0 Å². The maximum Gasteiger partial charge on any atom is 0.237 e. The van der Waals surface area contributed by atoms with E-state index in [0.717, 1.165) is 29.0 Å². The fourth-order valence-electron chi connectivity index (χ4n) is 2.76. The Bertz CT molecular complexity index is 746. The third-order valence-corrected chi connectivity index (χ3v) is 4.83. The van der Waals surface area contributed by atoms with Crippen LogP contribution in [-0.2, 0) is 17.9 Å². The highest BCUT2D eigenvalue weighted by Gasteiger charge is 2.24. The Morgan fingerprint density at radius 1 is 1.36 bits per heavy atom. The second kappa shape index (κ2) is 7.88. The molecule has 0 saturated carbocycles. The summed E-state index contributed by atoms with van der Waals surface area (Å²) < 4.78 is 7.62. The summed E-state index contributed by atoms with van der Waals surface area (Å²) >= 11 is 1.40. The third kappa shape index (κ3) is 3.96. The normalized spacial score (nSPS) is 13.7. The molecule has 1 aliphatic rings. The molecule has 2 aromatic rings. The topological polar surface area (TPSA) is 86.3 Å². The Balaban J connectivity index is 1.70. The fourth-order valence-corrected chi connectivity index (χ4v) is 3.60. The zero-order valence-corrected chi connectivity index (χ0v) is 15.3. The first kappa shape index (κ1) is 17.8. The number of rotatable bonds is 6. The van der Waals surface area contributed by atoms with Gasteiger partial charge in [0.1, 0.15) is 18.2 Å². The van der Waals surface area contributed by atoms with Gasteiger partial charge in [-0.25, -0.2) is 0 Å². The van der Waals surface area contributed by atoms with E-state index in [1.807, 2.05) is 28.8 Å². The third-order valence-electron chi connectivity index (χ3n) is 3.88. The van der Waals surface area contributed by atoms with Gasteiger partial charge in [-0.1, -0.05) is 37.7 Å². The number of hydrogen-bond acceptors (Lipinski definition) is 6. The van der Waals surface area contributed by atoms with E-state index in [-0.39, 0.29) is 5.91 Å². The number of aromatic nitrogens is 3. The predicted octanol–water partition coefficient (Wildman–Crippen LogP) is 1.91. The molecule has 0 atom stereocenters. The highest BCUT2D eigenvalue weighted by molar-refractivity contribution is 7.99. The lowest BCUT2D eigenvalue weighted by Crippen LogP contribution is -2.39. The molecule has 0 spiro atoms. The second-order valence-corrected chi connectivity index (χ2v) is 7.20. The Kier molecular flexibility index (Phi) is 5.60. The zero-order chi connectivity index (χ0) is 17.8. The molecule has 0 saturated heterocycles. The van der Waals surface area contributed by atoms with Crippen molar-refractivity contribution in [2.75, 3.05) is 23.8 Å². The quantitative estimate of drug-likeness (QED) is 0.791. The summed E-state index contributed by atoms with van der Waals surface area (Å²) in [6.07, 6.45) is 0. The van der Waals surface area contributed by atoms with E-state index in [0.29, 0.717) is 31.4 Å². The van der Waals surface area contributed by atoms with Gasteiger partial charge in [-0.3, -0.25) is 4.79 Å². The highest BCUT2D eigenvalue weighted by atomic mass is 32.2. The number of hydrogen-bond donors (Lipinski definition) is 1. The van der Waals surface area contributed by atoms with Crippen LogP contribution in [0.4, 0.5) is 5.69 Å². The summed E-state index contributed by atoms with van der Waals surface area (Å²) in [7, 11) is 0. The molecule has 2 N–H and O–H groups in total. The van der Waals surface area contributed by atoms with Crippen LogP contribution < -0.4 is 15.4 Å². The molecule has 1 amide bonds. The maximum absolute atomic E-state index is 12.7. The molecular weight excluding hydrogens is 338 g/mol. The molecule has 134 valence electrons. The van der Waals surface area contributed by atoms with E-state index in [4.69, 9.17) is 10.5 Å². The lowest BCUT2D eigenvalue weighted by molar-refractivity contribution is -0.116. The van der Waals surface area contributed by atoms with Gasteiger partial charge < -0.3 is 19.9 Å². The van der Waals surface area contributed by atoms with E-state index in [2.05, 4.69) is 24.0 Å². The number of fused-ring (bicyclic) bond motifs is 1. The zero-order valence-electron chi connectivity index (χ0n) is 14.5. The van der Waals surface area contributed by atoms with Crippen LogP contribution in [0.2, 0.25) is 0 Å². The summed E-state index contributed by atoms with van der Waals surface area (Å²) in [6.45, 7) is 6.45. The van der Waals surface area contributed by atoms with E-state index in [9.17, 15) is 4.79 Å². The minimum Gasteiger partial charge on any atom is -0.490 e. The molecule has 0 aliphatic carbocycles. The molecule has 0 radical (unpaired) electrons. The monoisotopic (exact) mass is 361 g/mol. The van der Waals surface area contributed by atoms with Crippen molar-refractivity contribution < 1.29 is 9.53 Å². The van der Waals surface area contributed by atoms with Crippen LogP contribution in [0, 0.1) is 5.92 Å². The van der Waals surface area contributed by atoms with Gasteiger partial charge >= 0.3 is 0 Å². The number of amides is 1. The molecule has 0 fully saturated rings. The summed E-state index contributed by atoms with van der Waals surface area (Å²) in [5, 5.41) is 9.08. The van der Waals surface area contributed by atoms with Crippen molar-refractivity contribution in [2.24, 2.45) is 11.7 Å². The molecule has 3 rings (SSSR count). The fraction of sp³-hybridized carbons (Fsp3) is 0.471. The van der Waals surface area contributed by atoms with Crippen molar-refractivity contribution in [3.8, 4) is 5.75 Å². The van der Waals surface area contributed by atoms with Gasteiger partial charge in [0.05, 0.1) is 24.5 Å². The van der Waals surface area contributed by atoms with Crippen molar-refractivity contribution in [1.29, 1.82) is 0 Å². The standard InChI is InChI=1S/C17H23N5O2S/c1-12(2)10-22-15(9-18)19-20-17(22)25-11-16(23)21-7-8-24-14-6-4-3-5-13(14)21/h3-6,12H,7-11,18H2,1-2H3. The number of para-hydroxylation sites is 2. The summed E-state index contributed by atoms with van der Waals surface area (Å²) in [5.74, 6) is 2.28. The van der Waals surface area contributed by atoms with Gasteiger partial charge in [0.15, 0.2) is 5.16 Å². The van der Waals surface area contributed by atoms with E-state index in [1.54, 1.807) is 4.90 Å². The number of nitrogens with two attached hydrogens (primary N) is 1. The van der Waals surface area contributed by atoms with Crippen LogP contribution in [-0.4, -0.2) is 39.6 Å². The highest BCUT2D eigenvalue weighted by Crippen LogP contribution is 2.31. The van der Waals surface area contributed by atoms with Crippen LogP contribution in [0.15, 0.2) is 29.4 Å². The van der Waals surface area contributed by atoms with Gasteiger partial charge in [0.2, 0.25) is 5.91 Å². The molecule has 0 unspecified atom stereocenters. The van der Waals surface area contributed by atoms with Gasteiger partial charge in [-0.15, -0.1) is 10.2 Å². The molecule has 7 nitrogen and oxygen atoms in total. The first-order valence-electron chi connectivity index (χ1n) is 8.37. The van der Waals surface area contributed by atoms with Crippen molar-refractivity contribution in [3.05, 3.63) is 30.1 Å². The number of thioether (sulfide) groups is 1. The Morgan fingerprint density at radius 2 is 2.16 bits per heavy atom. The largest absolute Gasteiger partial charge is 0.490 e. The summed E-state index contributed by atoms with van der Waals surface area (Å²) in [6, 6.07) is 7.61. The van der Waals surface area contributed by atoms with Crippen LogP contribution in [0.3, 0.4) is 0 Å². The van der Waals surface area contributed by atoms with E-state index >= 15 is 0 Å². The number of carbonyl (C=O) groups excluding carboxylic acids is 1. The number of anilines is 1. The smallest absolute Gasteiger partial charge is 0.237 e. The number of carbonyl (C=O) groups is 1. The minimum atomic E-state index is 0.0362.